The van der Waals surface area contributed by atoms with Crippen molar-refractivity contribution in [3.63, 3.8) is 0 Å². The molecule has 0 saturated heterocycles. The third kappa shape index (κ3) is 7.58. The topological polar surface area (TPSA) is 6.48 Å². The molecule has 11 rings (SSSR count). The average Bonchev–Trinajstić information content (AvgIpc) is 3.61. The molecule has 0 atom stereocenters. The van der Waals surface area contributed by atoms with Gasteiger partial charge in [-0.25, -0.2) is 0 Å². The van der Waals surface area contributed by atoms with Gasteiger partial charge in [0.05, 0.1) is 0 Å². The highest BCUT2D eigenvalue weighted by Crippen LogP contribution is 2.51. The number of benzene rings is 9. The molecule has 2 nitrogen and oxygen atoms in total. The van der Waals surface area contributed by atoms with Crippen LogP contribution in [0.15, 0.2) is 243 Å². The summed E-state index contributed by atoms with van der Waals surface area (Å²) in [4.78, 5) is 4.77. The molecule has 0 amide bonds. The number of fused-ring (bicyclic) bond motifs is 3. The third-order valence-corrected chi connectivity index (χ3v) is 13.3. The van der Waals surface area contributed by atoms with Crippen LogP contribution in [0, 0.1) is 0 Å². The van der Waals surface area contributed by atoms with Crippen molar-refractivity contribution < 1.29 is 0 Å². The van der Waals surface area contributed by atoms with Gasteiger partial charge in [0.1, 0.15) is 0 Å². The molecule has 0 aliphatic heterocycles. The lowest BCUT2D eigenvalue weighted by atomic mass is 9.82. The van der Waals surface area contributed by atoms with Gasteiger partial charge in [0, 0.05) is 39.5 Å². The molecular weight excluding hydrogens is 785 g/mol. The maximum absolute atomic E-state index is 2.41. The van der Waals surface area contributed by atoms with Gasteiger partial charge in [-0.05, 0) is 152 Å². The Bertz CT molecular complexity index is 3180. The fourth-order valence-corrected chi connectivity index (χ4v) is 9.94. The van der Waals surface area contributed by atoms with Crippen LogP contribution in [0.2, 0.25) is 0 Å². The molecular formula is C63H50N2. The lowest BCUT2D eigenvalue weighted by Gasteiger charge is -2.29. The highest BCUT2D eigenvalue weighted by Gasteiger charge is 2.35. The van der Waals surface area contributed by atoms with Crippen LogP contribution in [-0.2, 0) is 5.41 Å². The van der Waals surface area contributed by atoms with Crippen molar-refractivity contribution in [2.75, 3.05) is 9.80 Å². The Morgan fingerprint density at radius 3 is 1.40 bits per heavy atom. The summed E-state index contributed by atoms with van der Waals surface area (Å²) in [6, 6.07) is 82.1. The van der Waals surface area contributed by atoms with Gasteiger partial charge in [-0.15, -0.1) is 0 Å². The minimum Gasteiger partial charge on any atom is -0.311 e. The van der Waals surface area contributed by atoms with Crippen LogP contribution in [0.4, 0.5) is 34.1 Å². The molecule has 0 aromatic heterocycles. The van der Waals surface area contributed by atoms with Gasteiger partial charge in [0.2, 0.25) is 0 Å². The number of allylic oxidation sites excluding steroid dienone is 4. The summed E-state index contributed by atoms with van der Waals surface area (Å²) in [6.45, 7) is 4.71. The zero-order valence-electron chi connectivity index (χ0n) is 36.9. The standard InChI is InChI=1S/C63H50N2/c1-63(2)61-26-16-15-25-58(61)59-42-40-56(44-62(59)63)65(51-23-13-6-14-24-51)55-39-41-57(60(43-55)49-21-11-5-12-22-49)50-31-37-54(38-32-50)64(52-33-27-47(28-34-52)45-17-7-3-8-18-45)53-35-29-48(30-36-53)46-19-9-4-10-20-46/h3,5-9,11-44H,4,10H2,1-2H3. The molecule has 0 N–H and O–H groups in total. The summed E-state index contributed by atoms with van der Waals surface area (Å²) in [5, 5.41) is 0. The Hall–Kier alpha value is -7.94. The Morgan fingerprint density at radius 2 is 0.769 bits per heavy atom. The first-order chi connectivity index (χ1) is 32.0. The van der Waals surface area contributed by atoms with Crippen molar-refractivity contribution in [3.05, 3.63) is 259 Å². The number of hydrogen-bond donors (Lipinski definition) is 0. The van der Waals surface area contributed by atoms with Crippen LogP contribution < -0.4 is 9.80 Å². The van der Waals surface area contributed by atoms with Crippen molar-refractivity contribution in [1.82, 2.24) is 0 Å². The van der Waals surface area contributed by atoms with E-state index in [4.69, 9.17) is 0 Å². The molecule has 2 aliphatic rings. The second-order valence-electron chi connectivity index (χ2n) is 17.6. The Morgan fingerprint density at radius 1 is 0.323 bits per heavy atom. The van der Waals surface area contributed by atoms with Gasteiger partial charge in [0.25, 0.3) is 0 Å². The van der Waals surface area contributed by atoms with Crippen molar-refractivity contribution in [2.45, 2.75) is 32.1 Å². The largest absolute Gasteiger partial charge is 0.311 e. The van der Waals surface area contributed by atoms with Gasteiger partial charge >= 0.3 is 0 Å². The number of para-hydroxylation sites is 1. The van der Waals surface area contributed by atoms with E-state index in [1.807, 2.05) is 0 Å². The molecule has 312 valence electrons. The van der Waals surface area contributed by atoms with E-state index in [2.05, 4.69) is 266 Å². The Kier molecular flexibility index (Phi) is 10.4. The van der Waals surface area contributed by atoms with Crippen LogP contribution in [0.1, 0.15) is 43.4 Å². The highest BCUT2D eigenvalue weighted by molar-refractivity contribution is 5.91. The predicted molar refractivity (Wildman–Crippen MR) is 276 cm³/mol. The lowest BCUT2D eigenvalue weighted by Crippen LogP contribution is -2.16. The maximum atomic E-state index is 2.41. The fourth-order valence-electron chi connectivity index (χ4n) is 9.94. The summed E-state index contributed by atoms with van der Waals surface area (Å²) < 4.78 is 0. The van der Waals surface area contributed by atoms with Crippen molar-refractivity contribution in [3.8, 4) is 44.5 Å². The van der Waals surface area contributed by atoms with E-state index < -0.39 is 0 Å². The normalized spacial score (nSPS) is 13.4. The van der Waals surface area contributed by atoms with Crippen LogP contribution >= 0.6 is 0 Å². The van der Waals surface area contributed by atoms with Gasteiger partial charge in [-0.3, -0.25) is 0 Å². The summed E-state index contributed by atoms with van der Waals surface area (Å²) in [7, 11) is 0. The molecule has 0 bridgehead atoms. The number of hydrogen-bond acceptors (Lipinski definition) is 2. The van der Waals surface area contributed by atoms with Crippen molar-refractivity contribution >= 4 is 39.7 Å². The van der Waals surface area contributed by atoms with E-state index in [-0.39, 0.29) is 5.41 Å². The number of rotatable bonds is 10. The number of nitrogens with zero attached hydrogens (tertiary/aromatic N) is 2. The van der Waals surface area contributed by atoms with Gasteiger partial charge in [-0.2, -0.15) is 0 Å². The molecule has 0 radical (unpaired) electrons. The smallest absolute Gasteiger partial charge is 0.0468 e. The lowest BCUT2D eigenvalue weighted by molar-refractivity contribution is 0.660. The van der Waals surface area contributed by atoms with Crippen molar-refractivity contribution in [2.24, 2.45) is 0 Å². The molecule has 2 aliphatic carbocycles. The summed E-state index contributed by atoms with van der Waals surface area (Å²) in [6.07, 6.45) is 9.06. The molecule has 0 spiro atoms. The predicted octanol–water partition coefficient (Wildman–Crippen LogP) is 17.7. The van der Waals surface area contributed by atoms with Crippen LogP contribution in [-0.4, -0.2) is 0 Å². The monoisotopic (exact) mass is 834 g/mol. The maximum Gasteiger partial charge on any atom is 0.0468 e. The molecule has 65 heavy (non-hydrogen) atoms. The average molecular weight is 835 g/mol. The van der Waals surface area contributed by atoms with Crippen LogP contribution in [0.25, 0.3) is 50.1 Å². The van der Waals surface area contributed by atoms with E-state index in [1.54, 1.807) is 0 Å². The SMILES string of the molecule is CC1(C)c2ccccc2-c2ccc(N(c3ccccc3)c3ccc(-c4ccc(N(c5ccc(C6=CCCC=C6)cc5)c5ccc(-c6ccccc6)cc5)cc4)c(-c4ccccc4)c3)cc21. The van der Waals surface area contributed by atoms with E-state index in [0.29, 0.717) is 0 Å². The van der Waals surface area contributed by atoms with Gasteiger partial charge in [-0.1, -0.05) is 184 Å². The van der Waals surface area contributed by atoms with Gasteiger partial charge < -0.3 is 9.80 Å². The quantitative estimate of drug-likeness (QED) is 0.135. The van der Waals surface area contributed by atoms with E-state index >= 15 is 0 Å². The molecule has 9 aromatic rings. The van der Waals surface area contributed by atoms with E-state index in [1.165, 1.54) is 61.2 Å². The minimum atomic E-state index is -0.107. The summed E-state index contributed by atoms with van der Waals surface area (Å²) >= 11 is 0. The third-order valence-electron chi connectivity index (χ3n) is 13.3. The van der Waals surface area contributed by atoms with Gasteiger partial charge in [0.15, 0.2) is 0 Å². The zero-order chi connectivity index (χ0) is 43.7. The molecule has 0 heterocycles. The van der Waals surface area contributed by atoms with Crippen LogP contribution in [0.3, 0.4) is 0 Å². The van der Waals surface area contributed by atoms with E-state index in [9.17, 15) is 0 Å². The minimum absolute atomic E-state index is 0.107. The van der Waals surface area contributed by atoms with Crippen molar-refractivity contribution in [1.29, 1.82) is 0 Å². The Labute approximate surface area is 383 Å². The first kappa shape index (κ1) is 39.9. The molecule has 0 unspecified atom stereocenters. The Balaban J connectivity index is 0.990. The molecule has 2 heteroatoms. The summed E-state index contributed by atoms with van der Waals surface area (Å²) in [5.74, 6) is 0. The fraction of sp³-hybridized carbons (Fsp3) is 0.0794. The highest BCUT2D eigenvalue weighted by atomic mass is 15.1. The molecule has 0 saturated carbocycles. The van der Waals surface area contributed by atoms with Crippen LogP contribution in [0.5, 0.6) is 0 Å². The number of anilines is 6. The second-order valence-corrected chi connectivity index (χ2v) is 17.6. The van der Waals surface area contributed by atoms with E-state index in [0.717, 1.165) is 52.5 Å². The molecule has 0 fully saturated rings. The first-order valence-corrected chi connectivity index (χ1v) is 22.8. The second kappa shape index (κ2) is 17.0. The zero-order valence-corrected chi connectivity index (χ0v) is 36.9. The first-order valence-electron chi connectivity index (χ1n) is 22.8. The summed E-state index contributed by atoms with van der Waals surface area (Å²) in [5.41, 5.74) is 21.6. The molecule has 9 aromatic carbocycles.